The summed E-state index contributed by atoms with van der Waals surface area (Å²) in [7, 11) is 0. The Kier molecular flexibility index (Phi) is 6.92. The number of nitrogens with one attached hydrogen (secondary N) is 2. The van der Waals surface area contributed by atoms with Crippen molar-refractivity contribution in [3.05, 3.63) is 89.0 Å². The molecular weight excluding hydrogens is 393 g/mol. The molecule has 5 nitrogen and oxygen atoms in total. The SMILES string of the molecule is C1CC1.O=C(Nc1cnc(Cl)c(NC(=O)c2ccccc2)c1)c1cccc(F)c1. The van der Waals surface area contributed by atoms with Crippen molar-refractivity contribution in [3.8, 4) is 0 Å². The molecule has 0 aliphatic heterocycles. The van der Waals surface area contributed by atoms with Gasteiger partial charge < -0.3 is 10.6 Å². The molecule has 7 heteroatoms. The fraction of sp³-hybridized carbons (Fsp3) is 0.136. The zero-order valence-electron chi connectivity index (χ0n) is 15.5. The van der Waals surface area contributed by atoms with E-state index in [-0.39, 0.29) is 22.3 Å². The van der Waals surface area contributed by atoms with Gasteiger partial charge in [-0.25, -0.2) is 9.37 Å². The average Bonchev–Trinajstić information content (AvgIpc) is 3.60. The first-order valence-electron chi connectivity index (χ1n) is 9.12. The predicted molar refractivity (Wildman–Crippen MR) is 112 cm³/mol. The minimum atomic E-state index is -0.511. The molecule has 0 unspecified atom stereocenters. The van der Waals surface area contributed by atoms with Crippen LogP contribution in [-0.4, -0.2) is 16.8 Å². The Bertz CT molecular complexity index is 1010. The summed E-state index contributed by atoms with van der Waals surface area (Å²) < 4.78 is 13.2. The average molecular weight is 412 g/mol. The van der Waals surface area contributed by atoms with Gasteiger partial charge in [-0.2, -0.15) is 0 Å². The highest BCUT2D eigenvalue weighted by Crippen LogP contribution is 2.24. The Labute approximate surface area is 172 Å². The highest BCUT2D eigenvalue weighted by molar-refractivity contribution is 6.32. The van der Waals surface area contributed by atoms with Crippen LogP contribution in [0.5, 0.6) is 0 Å². The molecule has 29 heavy (non-hydrogen) atoms. The smallest absolute Gasteiger partial charge is 0.255 e. The summed E-state index contributed by atoms with van der Waals surface area (Å²) in [5.74, 6) is -1.38. The fourth-order valence-corrected chi connectivity index (χ4v) is 2.37. The van der Waals surface area contributed by atoms with Gasteiger partial charge in [-0.1, -0.05) is 55.1 Å². The van der Waals surface area contributed by atoms with Gasteiger partial charge in [0.1, 0.15) is 5.82 Å². The molecule has 0 spiro atoms. The van der Waals surface area contributed by atoms with E-state index in [4.69, 9.17) is 11.6 Å². The molecular formula is C22H19ClFN3O2. The Morgan fingerprint density at radius 3 is 2.17 bits per heavy atom. The van der Waals surface area contributed by atoms with E-state index in [0.29, 0.717) is 11.3 Å². The molecule has 1 aliphatic rings. The zero-order valence-corrected chi connectivity index (χ0v) is 16.2. The second-order valence-corrected chi connectivity index (χ2v) is 6.77. The van der Waals surface area contributed by atoms with Gasteiger partial charge in [-0.15, -0.1) is 0 Å². The minimum Gasteiger partial charge on any atom is -0.321 e. The summed E-state index contributed by atoms with van der Waals surface area (Å²) >= 11 is 6.01. The van der Waals surface area contributed by atoms with Crippen LogP contribution >= 0.6 is 11.6 Å². The second kappa shape index (κ2) is 9.80. The van der Waals surface area contributed by atoms with Crippen molar-refractivity contribution in [2.45, 2.75) is 19.3 Å². The molecule has 148 valence electrons. The topological polar surface area (TPSA) is 71.1 Å². The maximum absolute atomic E-state index is 13.2. The van der Waals surface area contributed by atoms with Crippen LogP contribution in [0.3, 0.4) is 0 Å². The van der Waals surface area contributed by atoms with E-state index >= 15 is 0 Å². The number of rotatable bonds is 4. The maximum Gasteiger partial charge on any atom is 0.255 e. The molecule has 1 aromatic heterocycles. The quantitative estimate of drug-likeness (QED) is 0.553. The highest BCUT2D eigenvalue weighted by atomic mass is 35.5. The van der Waals surface area contributed by atoms with E-state index in [9.17, 15) is 14.0 Å². The summed E-state index contributed by atoms with van der Waals surface area (Å²) in [6, 6.07) is 15.4. The summed E-state index contributed by atoms with van der Waals surface area (Å²) in [5.41, 5.74) is 1.18. The molecule has 3 aromatic rings. The standard InChI is InChI=1S/C19H13ClFN3O2.C3H6/c20-17-16(24-18(25)12-5-2-1-3-6-12)10-15(11-22-17)23-19(26)13-7-4-8-14(21)9-13;1-2-3-1/h1-11H,(H,23,26)(H,24,25);1-3H2. The van der Waals surface area contributed by atoms with Crippen LogP contribution < -0.4 is 10.6 Å². The largest absolute Gasteiger partial charge is 0.321 e. The van der Waals surface area contributed by atoms with E-state index in [1.807, 2.05) is 0 Å². The van der Waals surface area contributed by atoms with Crippen molar-refractivity contribution in [3.63, 3.8) is 0 Å². The number of pyridine rings is 1. The number of aromatic nitrogens is 1. The molecule has 2 aromatic carbocycles. The van der Waals surface area contributed by atoms with Gasteiger partial charge in [-0.3, -0.25) is 9.59 Å². The van der Waals surface area contributed by atoms with Gasteiger partial charge in [0.2, 0.25) is 0 Å². The predicted octanol–water partition coefficient (Wildman–Crippen LogP) is 5.55. The number of amides is 2. The summed E-state index contributed by atoms with van der Waals surface area (Å²) in [6.45, 7) is 0. The van der Waals surface area contributed by atoms with Crippen LogP contribution in [0.1, 0.15) is 40.0 Å². The monoisotopic (exact) mass is 411 g/mol. The zero-order chi connectivity index (χ0) is 20.6. The molecule has 0 radical (unpaired) electrons. The summed E-state index contributed by atoms with van der Waals surface area (Å²) in [4.78, 5) is 28.4. The normalized spacial score (nSPS) is 11.7. The molecule has 4 rings (SSSR count). The lowest BCUT2D eigenvalue weighted by Gasteiger charge is -2.10. The Morgan fingerprint density at radius 1 is 0.862 bits per heavy atom. The number of hydrogen-bond donors (Lipinski definition) is 2. The molecule has 1 saturated carbocycles. The first-order valence-corrected chi connectivity index (χ1v) is 9.49. The molecule has 2 amide bonds. The Balaban J connectivity index is 0.000000732. The van der Waals surface area contributed by atoms with Crippen molar-refractivity contribution < 1.29 is 14.0 Å². The molecule has 1 fully saturated rings. The van der Waals surface area contributed by atoms with Crippen LogP contribution in [0.2, 0.25) is 5.15 Å². The number of carbonyl (C=O) groups is 2. The van der Waals surface area contributed by atoms with E-state index < -0.39 is 11.7 Å². The highest BCUT2D eigenvalue weighted by Gasteiger charge is 2.12. The lowest BCUT2D eigenvalue weighted by Crippen LogP contribution is -2.15. The number of nitrogens with zero attached hydrogens (tertiary/aromatic N) is 1. The van der Waals surface area contributed by atoms with Crippen molar-refractivity contribution in [2.24, 2.45) is 0 Å². The van der Waals surface area contributed by atoms with Crippen LogP contribution in [0.25, 0.3) is 0 Å². The molecule has 0 atom stereocenters. The summed E-state index contributed by atoms with van der Waals surface area (Å²) in [6.07, 6.45) is 5.84. The molecule has 1 heterocycles. The summed E-state index contributed by atoms with van der Waals surface area (Å²) in [5, 5.41) is 5.31. The van der Waals surface area contributed by atoms with Gasteiger partial charge >= 0.3 is 0 Å². The van der Waals surface area contributed by atoms with Gasteiger partial charge in [0, 0.05) is 11.1 Å². The van der Waals surface area contributed by atoms with Crippen LogP contribution in [0.4, 0.5) is 15.8 Å². The number of halogens is 2. The number of carbonyl (C=O) groups excluding carboxylic acids is 2. The van der Waals surface area contributed by atoms with Crippen LogP contribution in [0.15, 0.2) is 66.9 Å². The van der Waals surface area contributed by atoms with E-state index in [0.717, 1.165) is 6.07 Å². The van der Waals surface area contributed by atoms with Crippen molar-refractivity contribution >= 4 is 34.8 Å². The lowest BCUT2D eigenvalue weighted by atomic mass is 10.2. The lowest BCUT2D eigenvalue weighted by molar-refractivity contribution is 0.101. The first-order chi connectivity index (χ1) is 14.0. The van der Waals surface area contributed by atoms with Gasteiger partial charge in [0.05, 0.1) is 17.6 Å². The van der Waals surface area contributed by atoms with Crippen molar-refractivity contribution in [1.29, 1.82) is 0 Å². The molecule has 0 saturated heterocycles. The molecule has 2 N–H and O–H groups in total. The van der Waals surface area contributed by atoms with E-state index in [1.165, 1.54) is 49.7 Å². The maximum atomic E-state index is 13.2. The van der Waals surface area contributed by atoms with E-state index in [1.54, 1.807) is 30.3 Å². The van der Waals surface area contributed by atoms with Gasteiger partial charge in [-0.05, 0) is 36.4 Å². The Morgan fingerprint density at radius 2 is 1.52 bits per heavy atom. The van der Waals surface area contributed by atoms with Gasteiger partial charge in [0.25, 0.3) is 11.8 Å². The number of benzene rings is 2. The third-order valence-corrected chi connectivity index (χ3v) is 4.12. The Hall–Kier alpha value is -3.25. The number of hydrogen-bond acceptors (Lipinski definition) is 3. The second-order valence-electron chi connectivity index (χ2n) is 6.41. The third-order valence-electron chi connectivity index (χ3n) is 3.82. The molecule has 0 bridgehead atoms. The van der Waals surface area contributed by atoms with Crippen molar-refractivity contribution in [2.75, 3.05) is 10.6 Å². The third kappa shape index (κ3) is 6.40. The number of anilines is 2. The van der Waals surface area contributed by atoms with Gasteiger partial charge in [0.15, 0.2) is 5.15 Å². The van der Waals surface area contributed by atoms with Crippen molar-refractivity contribution in [1.82, 2.24) is 4.98 Å². The first kappa shape index (κ1) is 20.5. The fourth-order valence-electron chi connectivity index (χ4n) is 2.22. The van der Waals surface area contributed by atoms with E-state index in [2.05, 4.69) is 15.6 Å². The minimum absolute atomic E-state index is 0.0815. The van der Waals surface area contributed by atoms with Crippen LogP contribution in [-0.2, 0) is 0 Å². The molecule has 1 aliphatic carbocycles. The van der Waals surface area contributed by atoms with Crippen LogP contribution in [0, 0.1) is 5.82 Å².